The Morgan fingerprint density at radius 2 is 2.16 bits per heavy atom. The molecule has 1 saturated heterocycles. The van der Waals surface area contributed by atoms with E-state index >= 15 is 0 Å². The molecule has 1 aromatic carbocycles. The van der Waals surface area contributed by atoms with E-state index in [2.05, 4.69) is 27.6 Å². The second-order valence-electron chi connectivity index (χ2n) is 4.71. The maximum Gasteiger partial charge on any atom is 0.240 e. The average molecular weight is 259 g/mol. The highest BCUT2D eigenvalue weighted by atomic mass is 16.5. The molecule has 100 valence electrons. The summed E-state index contributed by atoms with van der Waals surface area (Å²) in [5, 5.41) is 7.35. The number of hydrogen-bond donors (Lipinski definition) is 1. The molecule has 0 radical (unpaired) electrons. The highest BCUT2D eigenvalue weighted by Gasteiger charge is 2.16. The first-order chi connectivity index (χ1) is 9.40. The normalized spacial score (nSPS) is 18.8. The van der Waals surface area contributed by atoms with Crippen molar-refractivity contribution in [3.63, 3.8) is 0 Å². The Morgan fingerprint density at radius 3 is 2.95 bits per heavy atom. The zero-order chi connectivity index (χ0) is 12.9. The fourth-order valence-corrected chi connectivity index (χ4v) is 2.14. The third kappa shape index (κ3) is 3.39. The van der Waals surface area contributed by atoms with Gasteiger partial charge in [0.25, 0.3) is 0 Å². The summed E-state index contributed by atoms with van der Waals surface area (Å²) in [5.74, 6) is 1.36. The molecular weight excluding hydrogens is 242 g/mol. The maximum atomic E-state index is 5.30. The number of hydrogen-bond acceptors (Lipinski definition) is 5. The van der Waals surface area contributed by atoms with Gasteiger partial charge in [0.05, 0.1) is 13.2 Å². The molecule has 1 atom stereocenters. The average Bonchev–Trinajstić information content (AvgIpc) is 3.09. The monoisotopic (exact) mass is 259 g/mol. The molecule has 1 aromatic heterocycles. The molecule has 19 heavy (non-hydrogen) atoms. The minimum absolute atomic E-state index is 0.407. The minimum atomic E-state index is 0.407. The van der Waals surface area contributed by atoms with Crippen LogP contribution >= 0.6 is 0 Å². The Balaban J connectivity index is 1.54. The van der Waals surface area contributed by atoms with Gasteiger partial charge in [-0.05, 0) is 12.0 Å². The highest BCUT2D eigenvalue weighted by Crippen LogP contribution is 2.08. The van der Waals surface area contributed by atoms with Crippen molar-refractivity contribution in [1.82, 2.24) is 15.5 Å². The van der Waals surface area contributed by atoms with Crippen LogP contribution < -0.4 is 5.32 Å². The second kappa shape index (κ2) is 5.95. The van der Waals surface area contributed by atoms with Crippen LogP contribution in [0, 0.1) is 0 Å². The van der Waals surface area contributed by atoms with E-state index in [0.29, 0.717) is 24.9 Å². The van der Waals surface area contributed by atoms with Crippen LogP contribution in [0.5, 0.6) is 0 Å². The summed E-state index contributed by atoms with van der Waals surface area (Å²) in [6.07, 6.45) is 1.75. The van der Waals surface area contributed by atoms with Gasteiger partial charge in [-0.2, -0.15) is 4.98 Å². The van der Waals surface area contributed by atoms with Gasteiger partial charge in [-0.25, -0.2) is 0 Å². The van der Waals surface area contributed by atoms with Crippen LogP contribution in [0.4, 0.5) is 0 Å². The van der Waals surface area contributed by atoms with Gasteiger partial charge in [-0.3, -0.25) is 0 Å². The van der Waals surface area contributed by atoms with Gasteiger partial charge in [0.15, 0.2) is 5.82 Å². The molecule has 3 rings (SSSR count). The van der Waals surface area contributed by atoms with Gasteiger partial charge in [0, 0.05) is 19.1 Å². The minimum Gasteiger partial charge on any atom is -0.380 e. The lowest BCUT2D eigenvalue weighted by molar-refractivity contribution is 0.189. The molecule has 1 aliphatic heterocycles. The van der Waals surface area contributed by atoms with Gasteiger partial charge in [-0.1, -0.05) is 35.5 Å². The Morgan fingerprint density at radius 1 is 1.26 bits per heavy atom. The van der Waals surface area contributed by atoms with Crippen LogP contribution in [-0.2, 0) is 17.7 Å². The lowest BCUT2D eigenvalue weighted by Gasteiger charge is -2.06. The quantitative estimate of drug-likeness (QED) is 0.882. The maximum absolute atomic E-state index is 5.30. The van der Waals surface area contributed by atoms with Crippen molar-refractivity contribution >= 4 is 0 Å². The molecule has 1 unspecified atom stereocenters. The zero-order valence-corrected chi connectivity index (χ0v) is 10.7. The molecule has 0 saturated carbocycles. The summed E-state index contributed by atoms with van der Waals surface area (Å²) in [6, 6.07) is 10.5. The van der Waals surface area contributed by atoms with E-state index in [4.69, 9.17) is 9.26 Å². The molecule has 2 heterocycles. The Hall–Kier alpha value is -1.72. The largest absolute Gasteiger partial charge is 0.380 e. The fraction of sp³-hybridized carbons (Fsp3) is 0.429. The topological polar surface area (TPSA) is 60.2 Å². The van der Waals surface area contributed by atoms with Gasteiger partial charge in [0.1, 0.15) is 0 Å². The molecular formula is C14H17N3O2. The van der Waals surface area contributed by atoms with Crippen molar-refractivity contribution in [2.24, 2.45) is 0 Å². The highest BCUT2D eigenvalue weighted by molar-refractivity contribution is 5.18. The smallest absolute Gasteiger partial charge is 0.240 e. The first kappa shape index (κ1) is 12.3. The lowest BCUT2D eigenvalue weighted by Crippen LogP contribution is -2.28. The predicted octanol–water partition coefficient (Wildman–Crippen LogP) is 1.54. The van der Waals surface area contributed by atoms with Crippen LogP contribution in [0.25, 0.3) is 0 Å². The van der Waals surface area contributed by atoms with E-state index in [9.17, 15) is 0 Å². The van der Waals surface area contributed by atoms with Crippen molar-refractivity contribution in [3.8, 4) is 0 Å². The number of benzene rings is 1. The van der Waals surface area contributed by atoms with Crippen molar-refractivity contribution in [1.29, 1.82) is 0 Å². The van der Waals surface area contributed by atoms with Crippen LogP contribution in [0.2, 0.25) is 0 Å². The number of nitrogens with zero attached hydrogens (tertiary/aromatic N) is 2. The molecule has 1 N–H and O–H groups in total. The molecule has 0 amide bonds. The molecule has 5 heteroatoms. The van der Waals surface area contributed by atoms with E-state index in [1.807, 2.05) is 18.2 Å². The van der Waals surface area contributed by atoms with Gasteiger partial charge < -0.3 is 14.6 Å². The van der Waals surface area contributed by atoms with E-state index in [1.54, 1.807) is 0 Å². The van der Waals surface area contributed by atoms with Crippen LogP contribution in [0.15, 0.2) is 34.9 Å². The second-order valence-corrected chi connectivity index (χ2v) is 4.71. The number of ether oxygens (including phenoxy) is 1. The number of nitrogens with one attached hydrogen (secondary N) is 1. The summed E-state index contributed by atoms with van der Waals surface area (Å²) in [5.41, 5.74) is 1.19. The van der Waals surface area contributed by atoms with Gasteiger partial charge in [0.2, 0.25) is 5.89 Å². The van der Waals surface area contributed by atoms with Crippen molar-refractivity contribution in [3.05, 3.63) is 47.6 Å². The van der Waals surface area contributed by atoms with Gasteiger partial charge in [-0.15, -0.1) is 0 Å². The van der Waals surface area contributed by atoms with Crippen LogP contribution in [0.1, 0.15) is 23.7 Å². The summed E-state index contributed by atoms with van der Waals surface area (Å²) < 4.78 is 10.5. The Kier molecular flexibility index (Phi) is 3.86. The molecule has 0 bridgehead atoms. The standard InChI is InChI=1S/C14H17N3O2/c1-2-4-11(5-3-1)8-13-16-14(19-17-13)9-15-12-6-7-18-10-12/h1-5,12,15H,6-10H2. The van der Waals surface area contributed by atoms with E-state index in [-0.39, 0.29) is 0 Å². The predicted molar refractivity (Wildman–Crippen MR) is 69.6 cm³/mol. The molecule has 1 fully saturated rings. The molecule has 5 nitrogen and oxygen atoms in total. The Bertz CT molecular complexity index is 506. The summed E-state index contributed by atoms with van der Waals surface area (Å²) >= 11 is 0. The molecule has 0 spiro atoms. The zero-order valence-electron chi connectivity index (χ0n) is 10.7. The fourth-order valence-electron chi connectivity index (χ4n) is 2.14. The van der Waals surface area contributed by atoms with Crippen LogP contribution in [0.3, 0.4) is 0 Å². The van der Waals surface area contributed by atoms with E-state index in [0.717, 1.165) is 25.5 Å². The third-order valence-corrected chi connectivity index (χ3v) is 3.19. The number of aromatic nitrogens is 2. The Labute approximate surface area is 112 Å². The van der Waals surface area contributed by atoms with E-state index in [1.165, 1.54) is 5.56 Å². The van der Waals surface area contributed by atoms with Crippen LogP contribution in [-0.4, -0.2) is 29.4 Å². The van der Waals surface area contributed by atoms with Gasteiger partial charge >= 0.3 is 0 Å². The summed E-state index contributed by atoms with van der Waals surface area (Å²) in [7, 11) is 0. The lowest BCUT2D eigenvalue weighted by atomic mass is 10.1. The third-order valence-electron chi connectivity index (χ3n) is 3.19. The first-order valence-electron chi connectivity index (χ1n) is 6.56. The van der Waals surface area contributed by atoms with Crippen molar-refractivity contribution in [2.75, 3.05) is 13.2 Å². The molecule has 2 aromatic rings. The summed E-state index contributed by atoms with van der Waals surface area (Å²) in [6.45, 7) is 2.21. The molecule has 1 aliphatic rings. The van der Waals surface area contributed by atoms with E-state index < -0.39 is 0 Å². The summed E-state index contributed by atoms with van der Waals surface area (Å²) in [4.78, 5) is 4.39. The first-order valence-corrected chi connectivity index (χ1v) is 6.56. The van der Waals surface area contributed by atoms with Crippen molar-refractivity contribution in [2.45, 2.75) is 25.4 Å². The SMILES string of the molecule is c1ccc(Cc2noc(CNC3CCOC3)n2)cc1. The van der Waals surface area contributed by atoms with Crippen molar-refractivity contribution < 1.29 is 9.26 Å². The number of rotatable bonds is 5. The molecule has 0 aliphatic carbocycles.